The van der Waals surface area contributed by atoms with Crippen molar-refractivity contribution in [2.75, 3.05) is 26.3 Å². The van der Waals surface area contributed by atoms with Crippen LogP contribution in [0.15, 0.2) is 4.99 Å². The molecule has 1 saturated heterocycles. The van der Waals surface area contributed by atoms with Crippen LogP contribution >= 0.6 is 0 Å². The van der Waals surface area contributed by atoms with E-state index in [0.717, 1.165) is 45.0 Å². The standard InChI is InChI=1S/C12H21N3O/c1-12(2,3)5-4-11(14-10-13)15-6-8-16-9-7-15/h4-9H2,1-3H3. The average Bonchev–Trinajstić information content (AvgIpc) is 2.24. The molecule has 1 aliphatic heterocycles. The number of hydrogen-bond acceptors (Lipinski definition) is 3. The fourth-order valence-electron chi connectivity index (χ4n) is 1.65. The number of nitrogens with zero attached hydrogens (tertiary/aromatic N) is 3. The highest BCUT2D eigenvalue weighted by molar-refractivity contribution is 5.83. The zero-order valence-electron chi connectivity index (χ0n) is 10.5. The summed E-state index contributed by atoms with van der Waals surface area (Å²) in [5, 5.41) is 8.70. The van der Waals surface area contributed by atoms with Crippen LogP contribution in [0.2, 0.25) is 0 Å². The minimum Gasteiger partial charge on any atom is -0.378 e. The number of amidine groups is 1. The highest BCUT2D eigenvalue weighted by atomic mass is 16.5. The summed E-state index contributed by atoms with van der Waals surface area (Å²) in [6.07, 6.45) is 3.83. The Morgan fingerprint density at radius 1 is 1.38 bits per heavy atom. The zero-order chi connectivity index (χ0) is 12.0. The fourth-order valence-corrected chi connectivity index (χ4v) is 1.65. The average molecular weight is 223 g/mol. The predicted octanol–water partition coefficient (Wildman–Crippen LogP) is 2.02. The summed E-state index contributed by atoms with van der Waals surface area (Å²) in [5.41, 5.74) is 0.280. The van der Waals surface area contributed by atoms with Crippen LogP contribution in [0.1, 0.15) is 33.6 Å². The second-order valence-corrected chi connectivity index (χ2v) is 5.29. The summed E-state index contributed by atoms with van der Waals surface area (Å²) in [5.74, 6) is 0.917. The van der Waals surface area contributed by atoms with Crippen molar-refractivity contribution in [2.24, 2.45) is 10.4 Å². The second-order valence-electron chi connectivity index (χ2n) is 5.29. The number of nitriles is 1. The van der Waals surface area contributed by atoms with Gasteiger partial charge in [-0.15, -0.1) is 0 Å². The van der Waals surface area contributed by atoms with Crippen molar-refractivity contribution in [3.63, 3.8) is 0 Å². The SMILES string of the molecule is CC(C)(C)CCC(=NC#N)N1CCOCC1. The van der Waals surface area contributed by atoms with Gasteiger partial charge in [-0.2, -0.15) is 10.3 Å². The molecule has 0 aliphatic carbocycles. The lowest BCUT2D eigenvalue weighted by molar-refractivity contribution is 0.0669. The molecule has 0 aromatic carbocycles. The highest BCUT2D eigenvalue weighted by Crippen LogP contribution is 2.21. The van der Waals surface area contributed by atoms with E-state index in [2.05, 4.69) is 30.7 Å². The predicted molar refractivity (Wildman–Crippen MR) is 64.1 cm³/mol. The van der Waals surface area contributed by atoms with Crippen LogP contribution in [-0.4, -0.2) is 37.0 Å². The first-order valence-corrected chi connectivity index (χ1v) is 5.81. The third-order valence-electron chi connectivity index (χ3n) is 2.65. The molecule has 0 aromatic heterocycles. The largest absolute Gasteiger partial charge is 0.378 e. The van der Waals surface area contributed by atoms with Gasteiger partial charge < -0.3 is 9.64 Å². The van der Waals surface area contributed by atoms with Gasteiger partial charge in [-0.25, -0.2) is 0 Å². The third kappa shape index (κ3) is 4.63. The quantitative estimate of drug-likeness (QED) is 0.409. The van der Waals surface area contributed by atoms with E-state index in [1.54, 1.807) is 0 Å². The monoisotopic (exact) mass is 223 g/mol. The van der Waals surface area contributed by atoms with Gasteiger partial charge in [0.15, 0.2) is 0 Å². The number of aliphatic imine (C=N–C) groups is 1. The molecule has 4 heteroatoms. The molecule has 0 amide bonds. The molecule has 0 atom stereocenters. The summed E-state index contributed by atoms with van der Waals surface area (Å²) < 4.78 is 5.29. The molecule has 0 N–H and O–H groups in total. The molecule has 1 rings (SSSR count). The lowest BCUT2D eigenvalue weighted by Crippen LogP contribution is -2.41. The Hall–Kier alpha value is -1.08. The van der Waals surface area contributed by atoms with Gasteiger partial charge in [0.05, 0.1) is 13.2 Å². The van der Waals surface area contributed by atoms with E-state index in [9.17, 15) is 0 Å². The smallest absolute Gasteiger partial charge is 0.207 e. The maximum Gasteiger partial charge on any atom is 0.207 e. The molecular formula is C12H21N3O. The first-order chi connectivity index (χ1) is 7.53. The maximum absolute atomic E-state index is 8.70. The molecule has 0 spiro atoms. The molecule has 0 radical (unpaired) electrons. The maximum atomic E-state index is 8.70. The van der Waals surface area contributed by atoms with Gasteiger partial charge in [-0.05, 0) is 11.8 Å². The molecule has 0 aromatic rings. The highest BCUT2D eigenvalue weighted by Gasteiger charge is 2.18. The van der Waals surface area contributed by atoms with Crippen LogP contribution < -0.4 is 0 Å². The number of hydrogen-bond donors (Lipinski definition) is 0. The molecule has 0 saturated carbocycles. The van der Waals surface area contributed by atoms with E-state index in [4.69, 9.17) is 10.00 Å². The van der Waals surface area contributed by atoms with E-state index >= 15 is 0 Å². The van der Waals surface area contributed by atoms with Crippen LogP contribution in [-0.2, 0) is 4.74 Å². The summed E-state index contributed by atoms with van der Waals surface area (Å²) in [6.45, 7) is 9.79. The minimum absolute atomic E-state index is 0.280. The second kappa shape index (κ2) is 5.86. The summed E-state index contributed by atoms with van der Waals surface area (Å²) in [4.78, 5) is 6.11. The van der Waals surface area contributed by atoms with Crippen LogP contribution in [0.4, 0.5) is 0 Å². The first kappa shape index (κ1) is 13.0. The molecule has 0 unspecified atom stereocenters. The number of ether oxygens (including phenoxy) is 1. The Kier molecular flexibility index (Phi) is 4.75. The zero-order valence-corrected chi connectivity index (χ0v) is 10.5. The number of rotatable bonds is 2. The van der Waals surface area contributed by atoms with Crippen molar-refractivity contribution >= 4 is 5.84 Å². The molecular weight excluding hydrogens is 202 g/mol. The summed E-state index contributed by atoms with van der Waals surface area (Å²) in [6, 6.07) is 0. The number of morpholine rings is 1. The molecule has 90 valence electrons. The van der Waals surface area contributed by atoms with Crippen molar-refractivity contribution in [1.82, 2.24) is 4.90 Å². The van der Waals surface area contributed by atoms with Crippen LogP contribution in [0.5, 0.6) is 0 Å². The molecule has 1 fully saturated rings. The fraction of sp³-hybridized carbons (Fsp3) is 0.833. The Labute approximate surface area is 97.9 Å². The molecule has 16 heavy (non-hydrogen) atoms. The van der Waals surface area contributed by atoms with Gasteiger partial charge in [0.25, 0.3) is 0 Å². The Bertz CT molecular complexity index is 280. The molecule has 4 nitrogen and oxygen atoms in total. The normalized spacial score (nSPS) is 18.4. The van der Waals surface area contributed by atoms with Crippen molar-refractivity contribution in [1.29, 1.82) is 5.26 Å². The van der Waals surface area contributed by atoms with E-state index in [-0.39, 0.29) is 5.41 Å². The third-order valence-corrected chi connectivity index (χ3v) is 2.65. The van der Waals surface area contributed by atoms with Crippen LogP contribution in [0.3, 0.4) is 0 Å². The van der Waals surface area contributed by atoms with Gasteiger partial charge >= 0.3 is 0 Å². The Morgan fingerprint density at radius 3 is 2.50 bits per heavy atom. The van der Waals surface area contributed by atoms with Gasteiger partial charge in [0, 0.05) is 19.5 Å². The lowest BCUT2D eigenvalue weighted by atomic mass is 9.90. The van der Waals surface area contributed by atoms with Crippen molar-refractivity contribution in [3.05, 3.63) is 0 Å². The first-order valence-electron chi connectivity index (χ1n) is 5.81. The van der Waals surface area contributed by atoms with Crippen LogP contribution in [0, 0.1) is 16.9 Å². The topological polar surface area (TPSA) is 48.6 Å². The van der Waals surface area contributed by atoms with Crippen LogP contribution in [0.25, 0.3) is 0 Å². The lowest BCUT2D eigenvalue weighted by Gasteiger charge is -2.30. The van der Waals surface area contributed by atoms with Gasteiger partial charge in [0.2, 0.25) is 6.19 Å². The Morgan fingerprint density at radius 2 is 2.00 bits per heavy atom. The van der Waals surface area contributed by atoms with Crippen molar-refractivity contribution in [2.45, 2.75) is 33.6 Å². The molecule has 0 bridgehead atoms. The van der Waals surface area contributed by atoms with E-state index in [0.29, 0.717) is 0 Å². The molecule has 1 aliphatic rings. The van der Waals surface area contributed by atoms with E-state index in [1.807, 2.05) is 6.19 Å². The minimum atomic E-state index is 0.280. The van der Waals surface area contributed by atoms with E-state index < -0.39 is 0 Å². The van der Waals surface area contributed by atoms with E-state index in [1.165, 1.54) is 0 Å². The van der Waals surface area contributed by atoms with Gasteiger partial charge in [-0.1, -0.05) is 20.8 Å². The summed E-state index contributed by atoms with van der Waals surface area (Å²) >= 11 is 0. The van der Waals surface area contributed by atoms with Gasteiger partial charge in [-0.3, -0.25) is 0 Å². The Balaban J connectivity index is 2.54. The van der Waals surface area contributed by atoms with Gasteiger partial charge in [0.1, 0.15) is 5.84 Å². The van der Waals surface area contributed by atoms with Crippen molar-refractivity contribution in [3.8, 4) is 6.19 Å². The summed E-state index contributed by atoms with van der Waals surface area (Å²) in [7, 11) is 0. The van der Waals surface area contributed by atoms with Crippen molar-refractivity contribution < 1.29 is 4.74 Å². The molecule has 1 heterocycles.